The summed E-state index contributed by atoms with van der Waals surface area (Å²) in [4.78, 5) is 0. The minimum Gasteiger partial charge on any atom is -0.101 e. The maximum atomic E-state index is 5.94. The Hall–Kier alpha value is -0.200. The summed E-state index contributed by atoms with van der Waals surface area (Å²) in [6, 6.07) is 10.5. The number of benzene rings is 1. The van der Waals surface area contributed by atoms with Crippen LogP contribution in [0.4, 0.5) is 0 Å². The molecule has 0 aliphatic heterocycles. The highest BCUT2D eigenvalue weighted by Crippen LogP contribution is 2.55. The molecule has 1 aromatic rings. The summed E-state index contributed by atoms with van der Waals surface area (Å²) in [5.74, 6) is 0.510. The van der Waals surface area contributed by atoms with Crippen LogP contribution in [-0.2, 0) is 6.42 Å². The fraction of sp³-hybridized carbons (Fsp3) is 0.455. The van der Waals surface area contributed by atoms with Crippen LogP contribution in [0.15, 0.2) is 30.3 Å². The maximum Gasteiger partial charge on any atom is 0.121 e. The molecule has 1 fully saturated rings. The number of aryl methyl sites for hydroxylation is 1. The quantitative estimate of drug-likeness (QED) is 0.672. The van der Waals surface area contributed by atoms with Gasteiger partial charge < -0.3 is 0 Å². The van der Waals surface area contributed by atoms with Crippen molar-refractivity contribution in [1.82, 2.24) is 0 Å². The molecule has 0 amide bonds. The van der Waals surface area contributed by atoms with E-state index in [0.717, 1.165) is 19.3 Å². The predicted octanol–water partition coefficient (Wildman–Crippen LogP) is 3.81. The zero-order chi connectivity index (χ0) is 9.31. The van der Waals surface area contributed by atoms with E-state index in [4.69, 9.17) is 23.2 Å². The second-order valence-electron chi connectivity index (χ2n) is 3.69. The first kappa shape index (κ1) is 9.36. The Morgan fingerprint density at radius 3 is 2.38 bits per heavy atom. The average molecular weight is 215 g/mol. The molecule has 1 aromatic carbocycles. The van der Waals surface area contributed by atoms with Crippen molar-refractivity contribution >= 4 is 23.2 Å². The van der Waals surface area contributed by atoms with Gasteiger partial charge in [0.15, 0.2) is 0 Å². The molecule has 70 valence electrons. The van der Waals surface area contributed by atoms with Crippen LogP contribution in [0.3, 0.4) is 0 Å². The van der Waals surface area contributed by atoms with E-state index in [2.05, 4.69) is 24.3 Å². The van der Waals surface area contributed by atoms with Gasteiger partial charge in [0.25, 0.3) is 0 Å². The van der Waals surface area contributed by atoms with Crippen LogP contribution in [0.25, 0.3) is 0 Å². The van der Waals surface area contributed by atoms with Gasteiger partial charge >= 0.3 is 0 Å². The van der Waals surface area contributed by atoms with Gasteiger partial charge in [-0.2, -0.15) is 0 Å². The third-order valence-electron chi connectivity index (χ3n) is 2.58. The van der Waals surface area contributed by atoms with Gasteiger partial charge in [-0.15, -0.1) is 23.2 Å². The van der Waals surface area contributed by atoms with Crippen molar-refractivity contribution < 1.29 is 0 Å². The molecule has 2 heteroatoms. The molecule has 0 spiro atoms. The first-order valence-electron chi connectivity index (χ1n) is 4.60. The first-order valence-corrected chi connectivity index (χ1v) is 5.36. The van der Waals surface area contributed by atoms with Crippen molar-refractivity contribution in [3.63, 3.8) is 0 Å². The Labute approximate surface area is 88.9 Å². The van der Waals surface area contributed by atoms with Crippen molar-refractivity contribution in [3.05, 3.63) is 35.9 Å². The number of halogens is 2. The van der Waals surface area contributed by atoms with Crippen LogP contribution in [0.5, 0.6) is 0 Å². The summed E-state index contributed by atoms with van der Waals surface area (Å²) in [7, 11) is 0. The normalized spacial score (nSPS) is 24.3. The third kappa shape index (κ3) is 2.38. The molecule has 0 heterocycles. The first-order chi connectivity index (χ1) is 6.18. The van der Waals surface area contributed by atoms with Gasteiger partial charge in [0.1, 0.15) is 4.33 Å². The molecule has 1 aliphatic carbocycles. The van der Waals surface area contributed by atoms with E-state index >= 15 is 0 Å². The highest BCUT2D eigenvalue weighted by molar-refractivity contribution is 6.50. The van der Waals surface area contributed by atoms with Crippen LogP contribution < -0.4 is 0 Å². The summed E-state index contributed by atoms with van der Waals surface area (Å²) >= 11 is 11.9. The van der Waals surface area contributed by atoms with Crippen molar-refractivity contribution in [2.45, 2.75) is 23.6 Å². The number of hydrogen-bond acceptors (Lipinski definition) is 0. The number of hydrogen-bond donors (Lipinski definition) is 0. The highest BCUT2D eigenvalue weighted by Gasteiger charge is 2.50. The van der Waals surface area contributed by atoms with E-state index in [-0.39, 0.29) is 0 Å². The van der Waals surface area contributed by atoms with Crippen LogP contribution in [0.2, 0.25) is 0 Å². The van der Waals surface area contributed by atoms with Crippen molar-refractivity contribution in [2.24, 2.45) is 5.92 Å². The molecular formula is C11H12Cl2. The van der Waals surface area contributed by atoms with Gasteiger partial charge in [-0.05, 0) is 30.7 Å². The zero-order valence-electron chi connectivity index (χ0n) is 7.34. The van der Waals surface area contributed by atoms with Gasteiger partial charge in [-0.1, -0.05) is 30.3 Å². The Morgan fingerprint density at radius 2 is 1.85 bits per heavy atom. The largest absolute Gasteiger partial charge is 0.121 e. The number of alkyl halides is 2. The van der Waals surface area contributed by atoms with Gasteiger partial charge in [0, 0.05) is 0 Å². The molecule has 2 rings (SSSR count). The van der Waals surface area contributed by atoms with E-state index in [1.54, 1.807) is 0 Å². The van der Waals surface area contributed by atoms with Gasteiger partial charge in [0.05, 0.1) is 0 Å². The molecule has 0 radical (unpaired) electrons. The minimum absolute atomic E-state index is 0.408. The summed E-state index contributed by atoms with van der Waals surface area (Å²) in [6.07, 6.45) is 3.16. The summed E-state index contributed by atoms with van der Waals surface area (Å²) in [5.41, 5.74) is 1.37. The molecule has 1 atom stereocenters. The zero-order valence-corrected chi connectivity index (χ0v) is 8.85. The SMILES string of the molecule is ClC1(Cl)CC1CCc1ccccc1. The average Bonchev–Trinajstić information content (AvgIpc) is 2.73. The van der Waals surface area contributed by atoms with Crippen molar-refractivity contribution in [3.8, 4) is 0 Å². The standard InChI is InChI=1S/C11H12Cl2/c12-11(13)8-10(11)7-6-9-4-2-1-3-5-9/h1-5,10H,6-8H2. The molecule has 0 nitrogen and oxygen atoms in total. The van der Waals surface area contributed by atoms with Crippen LogP contribution in [0.1, 0.15) is 18.4 Å². The topological polar surface area (TPSA) is 0 Å². The van der Waals surface area contributed by atoms with Crippen LogP contribution in [-0.4, -0.2) is 4.33 Å². The lowest BCUT2D eigenvalue weighted by Crippen LogP contribution is -1.93. The van der Waals surface area contributed by atoms with Crippen molar-refractivity contribution in [2.75, 3.05) is 0 Å². The smallest absolute Gasteiger partial charge is 0.101 e. The molecule has 0 bridgehead atoms. The molecule has 13 heavy (non-hydrogen) atoms. The monoisotopic (exact) mass is 214 g/mol. The predicted molar refractivity (Wildman–Crippen MR) is 57.3 cm³/mol. The molecule has 1 unspecified atom stereocenters. The number of rotatable bonds is 3. The summed E-state index contributed by atoms with van der Waals surface area (Å²) in [5, 5.41) is 0. The lowest BCUT2D eigenvalue weighted by molar-refractivity contribution is 0.718. The Kier molecular flexibility index (Phi) is 2.53. The Morgan fingerprint density at radius 1 is 1.23 bits per heavy atom. The van der Waals surface area contributed by atoms with E-state index in [1.165, 1.54) is 5.56 Å². The second kappa shape index (κ2) is 3.51. The molecule has 0 aromatic heterocycles. The Balaban J connectivity index is 1.82. The lowest BCUT2D eigenvalue weighted by atomic mass is 10.1. The van der Waals surface area contributed by atoms with Crippen LogP contribution in [0, 0.1) is 5.92 Å². The van der Waals surface area contributed by atoms with Gasteiger partial charge in [-0.3, -0.25) is 0 Å². The highest BCUT2D eigenvalue weighted by atomic mass is 35.5. The Bertz CT molecular complexity index is 279. The van der Waals surface area contributed by atoms with Crippen LogP contribution >= 0.6 is 23.2 Å². The minimum atomic E-state index is -0.408. The molecule has 0 N–H and O–H groups in total. The second-order valence-corrected chi connectivity index (χ2v) is 5.23. The molecular weight excluding hydrogens is 203 g/mol. The maximum absolute atomic E-state index is 5.94. The van der Waals surface area contributed by atoms with Gasteiger partial charge in [-0.25, -0.2) is 0 Å². The van der Waals surface area contributed by atoms with E-state index in [1.807, 2.05) is 6.07 Å². The summed E-state index contributed by atoms with van der Waals surface area (Å²) in [6.45, 7) is 0. The third-order valence-corrected chi connectivity index (χ3v) is 3.51. The summed E-state index contributed by atoms with van der Waals surface area (Å²) < 4.78 is -0.408. The van der Waals surface area contributed by atoms with E-state index < -0.39 is 4.33 Å². The lowest BCUT2D eigenvalue weighted by Gasteiger charge is -2.00. The van der Waals surface area contributed by atoms with Gasteiger partial charge in [0.2, 0.25) is 0 Å². The molecule has 1 aliphatic rings. The fourth-order valence-corrected chi connectivity index (χ4v) is 2.16. The van der Waals surface area contributed by atoms with E-state index in [9.17, 15) is 0 Å². The molecule has 0 saturated heterocycles. The molecule has 1 saturated carbocycles. The van der Waals surface area contributed by atoms with Crippen molar-refractivity contribution in [1.29, 1.82) is 0 Å². The fourth-order valence-electron chi connectivity index (χ4n) is 1.57. The van der Waals surface area contributed by atoms with E-state index in [0.29, 0.717) is 5.92 Å².